The van der Waals surface area contributed by atoms with Crippen LogP contribution in [0.1, 0.15) is 5.56 Å². The van der Waals surface area contributed by atoms with Crippen LogP contribution in [0.3, 0.4) is 0 Å². The van der Waals surface area contributed by atoms with Gasteiger partial charge in [-0.2, -0.15) is 5.10 Å². The number of carbonyl (C=O) groups is 1. The standard InChI is InChI=1S/C15H12F2N2O3/c16-11-5-6-13(12(17)7-11)19-18-8-10-3-1-2-4-14(10)22-9-15(20)21/h1-8,19H,9H2,(H,20,21)/p-1/b18-8-. The second-order valence-corrected chi connectivity index (χ2v) is 4.19. The van der Waals surface area contributed by atoms with E-state index in [0.29, 0.717) is 5.56 Å². The number of carboxylic acids is 1. The van der Waals surface area contributed by atoms with Crippen molar-refractivity contribution >= 4 is 17.9 Å². The maximum atomic E-state index is 13.4. The first-order chi connectivity index (χ1) is 10.6. The number of benzene rings is 2. The van der Waals surface area contributed by atoms with Crippen molar-refractivity contribution < 1.29 is 23.4 Å². The van der Waals surface area contributed by atoms with Crippen molar-refractivity contribution in [2.45, 2.75) is 0 Å². The summed E-state index contributed by atoms with van der Waals surface area (Å²) in [6.07, 6.45) is 1.33. The van der Waals surface area contributed by atoms with E-state index < -0.39 is 24.2 Å². The van der Waals surface area contributed by atoms with E-state index in [0.717, 1.165) is 12.1 Å². The van der Waals surface area contributed by atoms with E-state index in [4.69, 9.17) is 4.74 Å². The predicted molar refractivity (Wildman–Crippen MR) is 74.5 cm³/mol. The summed E-state index contributed by atoms with van der Waals surface area (Å²) in [5, 5.41) is 14.2. The number of carboxylic acid groups (broad SMARTS) is 1. The molecule has 114 valence electrons. The Bertz CT molecular complexity index is 705. The fourth-order valence-corrected chi connectivity index (χ4v) is 1.61. The molecule has 0 amide bonds. The van der Waals surface area contributed by atoms with Gasteiger partial charge in [-0.3, -0.25) is 5.43 Å². The third-order valence-electron chi connectivity index (χ3n) is 2.58. The molecule has 0 aliphatic rings. The first-order valence-electron chi connectivity index (χ1n) is 6.22. The summed E-state index contributed by atoms with van der Waals surface area (Å²) in [7, 11) is 0. The molecule has 0 atom stereocenters. The maximum absolute atomic E-state index is 13.4. The van der Waals surface area contributed by atoms with Crippen LogP contribution in [0.5, 0.6) is 5.75 Å². The topological polar surface area (TPSA) is 73.8 Å². The molecule has 2 aromatic carbocycles. The minimum atomic E-state index is -1.35. The number of carbonyl (C=O) groups excluding carboxylic acids is 1. The van der Waals surface area contributed by atoms with Gasteiger partial charge in [0, 0.05) is 11.6 Å². The molecule has 1 N–H and O–H groups in total. The molecule has 2 rings (SSSR count). The molecule has 0 aliphatic carbocycles. The van der Waals surface area contributed by atoms with Crippen molar-refractivity contribution in [1.82, 2.24) is 0 Å². The normalized spacial score (nSPS) is 10.6. The van der Waals surface area contributed by atoms with E-state index in [1.807, 2.05) is 0 Å². The highest BCUT2D eigenvalue weighted by atomic mass is 19.1. The Balaban J connectivity index is 2.08. The Kier molecular flexibility index (Phi) is 5.02. The SMILES string of the molecule is O=C([O-])COc1ccccc1/C=N\Nc1ccc(F)cc1F. The molecule has 0 heterocycles. The summed E-state index contributed by atoms with van der Waals surface area (Å²) in [5.41, 5.74) is 2.91. The average Bonchev–Trinajstić information content (AvgIpc) is 2.48. The lowest BCUT2D eigenvalue weighted by Crippen LogP contribution is -2.29. The van der Waals surface area contributed by atoms with Gasteiger partial charge in [0.15, 0.2) is 5.82 Å². The number of nitrogens with zero attached hydrogens (tertiary/aromatic N) is 1. The first-order valence-corrected chi connectivity index (χ1v) is 6.22. The molecule has 0 unspecified atom stereocenters. The van der Waals surface area contributed by atoms with E-state index in [1.165, 1.54) is 12.3 Å². The third-order valence-corrected chi connectivity index (χ3v) is 2.58. The molecule has 0 fully saturated rings. The smallest absolute Gasteiger partial charge is 0.151 e. The van der Waals surface area contributed by atoms with Crippen LogP contribution in [0, 0.1) is 11.6 Å². The van der Waals surface area contributed by atoms with E-state index in [2.05, 4.69) is 10.5 Å². The number of hydrogen-bond donors (Lipinski definition) is 1. The van der Waals surface area contributed by atoms with E-state index in [-0.39, 0.29) is 11.4 Å². The van der Waals surface area contributed by atoms with Gasteiger partial charge < -0.3 is 14.6 Å². The van der Waals surface area contributed by atoms with Crippen LogP contribution in [0.25, 0.3) is 0 Å². The maximum Gasteiger partial charge on any atom is 0.151 e. The van der Waals surface area contributed by atoms with E-state index >= 15 is 0 Å². The summed E-state index contributed by atoms with van der Waals surface area (Å²) >= 11 is 0. The fourth-order valence-electron chi connectivity index (χ4n) is 1.61. The second kappa shape index (κ2) is 7.16. The van der Waals surface area contributed by atoms with E-state index in [9.17, 15) is 18.7 Å². The van der Waals surface area contributed by atoms with Crippen LogP contribution >= 0.6 is 0 Å². The summed E-state index contributed by atoms with van der Waals surface area (Å²) in [5.74, 6) is -2.53. The number of hydrogen-bond acceptors (Lipinski definition) is 5. The number of aliphatic carboxylic acids is 1. The first kappa shape index (κ1) is 15.4. The zero-order valence-electron chi connectivity index (χ0n) is 11.3. The zero-order valence-corrected chi connectivity index (χ0v) is 11.3. The molecular weight excluding hydrogens is 294 g/mol. The average molecular weight is 305 g/mol. The number of rotatable bonds is 6. The molecule has 7 heteroatoms. The Morgan fingerprint density at radius 1 is 1.27 bits per heavy atom. The predicted octanol–water partition coefficient (Wildman–Crippen LogP) is 1.54. The molecule has 0 aromatic heterocycles. The van der Waals surface area contributed by atoms with Crippen LogP contribution in [0.2, 0.25) is 0 Å². The highest BCUT2D eigenvalue weighted by Gasteiger charge is 2.03. The van der Waals surface area contributed by atoms with Gasteiger partial charge in [-0.1, -0.05) is 12.1 Å². The Morgan fingerprint density at radius 3 is 2.77 bits per heavy atom. The Hall–Kier alpha value is -2.96. The lowest BCUT2D eigenvalue weighted by molar-refractivity contribution is -0.307. The van der Waals surface area contributed by atoms with Crippen LogP contribution in [-0.2, 0) is 4.79 Å². The summed E-state index contributed by atoms with van der Waals surface area (Å²) in [6, 6.07) is 9.59. The summed E-state index contributed by atoms with van der Waals surface area (Å²) in [4.78, 5) is 10.4. The number of nitrogens with one attached hydrogen (secondary N) is 1. The van der Waals surface area contributed by atoms with Gasteiger partial charge in [0.05, 0.1) is 17.9 Å². The summed E-state index contributed by atoms with van der Waals surface area (Å²) in [6.45, 7) is -0.592. The van der Waals surface area contributed by atoms with Crippen LogP contribution in [0.15, 0.2) is 47.6 Å². The zero-order chi connectivity index (χ0) is 15.9. The van der Waals surface area contributed by atoms with Crippen molar-refractivity contribution in [3.05, 3.63) is 59.7 Å². The molecule has 0 bridgehead atoms. The molecule has 0 saturated heterocycles. The molecule has 22 heavy (non-hydrogen) atoms. The number of anilines is 1. The molecular formula is C15H11F2N2O3-. The van der Waals surface area contributed by atoms with Crippen molar-refractivity contribution in [2.75, 3.05) is 12.0 Å². The van der Waals surface area contributed by atoms with Crippen molar-refractivity contribution in [2.24, 2.45) is 5.10 Å². The van der Waals surface area contributed by atoms with Crippen LogP contribution in [-0.4, -0.2) is 18.8 Å². The van der Waals surface area contributed by atoms with Gasteiger partial charge in [-0.05, 0) is 24.3 Å². The van der Waals surface area contributed by atoms with Crippen LogP contribution < -0.4 is 15.3 Å². The van der Waals surface area contributed by atoms with Gasteiger partial charge in [0.25, 0.3) is 0 Å². The minimum absolute atomic E-state index is 0.00536. The Morgan fingerprint density at radius 2 is 2.05 bits per heavy atom. The monoisotopic (exact) mass is 305 g/mol. The van der Waals surface area contributed by atoms with Gasteiger partial charge >= 0.3 is 0 Å². The number of hydrazone groups is 1. The van der Waals surface area contributed by atoms with Crippen molar-refractivity contribution in [1.29, 1.82) is 0 Å². The molecule has 0 aliphatic heterocycles. The highest BCUT2D eigenvalue weighted by molar-refractivity contribution is 5.84. The largest absolute Gasteiger partial charge is 0.546 e. The lowest BCUT2D eigenvalue weighted by Gasteiger charge is -2.09. The number of para-hydroxylation sites is 1. The van der Waals surface area contributed by atoms with Gasteiger partial charge in [-0.15, -0.1) is 0 Å². The molecule has 5 nitrogen and oxygen atoms in total. The van der Waals surface area contributed by atoms with Gasteiger partial charge in [0.2, 0.25) is 0 Å². The fraction of sp³-hybridized carbons (Fsp3) is 0.0667. The van der Waals surface area contributed by atoms with Crippen molar-refractivity contribution in [3.8, 4) is 5.75 Å². The molecule has 0 saturated carbocycles. The highest BCUT2D eigenvalue weighted by Crippen LogP contribution is 2.17. The second-order valence-electron chi connectivity index (χ2n) is 4.19. The van der Waals surface area contributed by atoms with Crippen molar-refractivity contribution in [3.63, 3.8) is 0 Å². The molecule has 0 spiro atoms. The van der Waals surface area contributed by atoms with Crippen LogP contribution in [0.4, 0.5) is 14.5 Å². The Labute approximate surface area is 124 Å². The lowest BCUT2D eigenvalue weighted by atomic mass is 10.2. The molecule has 0 radical (unpaired) electrons. The third kappa shape index (κ3) is 4.27. The number of halogens is 2. The van der Waals surface area contributed by atoms with E-state index in [1.54, 1.807) is 24.3 Å². The molecule has 2 aromatic rings. The van der Waals surface area contributed by atoms with Gasteiger partial charge in [0.1, 0.15) is 18.2 Å². The van der Waals surface area contributed by atoms with Gasteiger partial charge in [-0.25, -0.2) is 8.78 Å². The summed E-state index contributed by atoms with van der Waals surface area (Å²) < 4.78 is 31.2. The number of ether oxygens (including phenoxy) is 1. The quantitative estimate of drug-likeness (QED) is 0.649. The minimum Gasteiger partial charge on any atom is -0.546 e.